The highest BCUT2D eigenvalue weighted by atomic mass is 16.5. The van der Waals surface area contributed by atoms with Gasteiger partial charge in [-0.2, -0.15) is 0 Å². The number of ether oxygens (including phenoxy) is 2. The lowest BCUT2D eigenvalue weighted by molar-refractivity contribution is -0.152. The van der Waals surface area contributed by atoms with Crippen molar-refractivity contribution in [3.05, 3.63) is 0 Å². The van der Waals surface area contributed by atoms with Crippen molar-refractivity contribution in [3.8, 4) is 0 Å². The SMILES string of the molecule is CCOC(=O)C(C)C1CCC(CC(C)O)O1. The van der Waals surface area contributed by atoms with E-state index >= 15 is 0 Å². The monoisotopic (exact) mass is 230 g/mol. The van der Waals surface area contributed by atoms with E-state index in [9.17, 15) is 9.90 Å². The molecule has 1 saturated heterocycles. The number of hydrogen-bond donors (Lipinski definition) is 1. The highest BCUT2D eigenvalue weighted by Gasteiger charge is 2.33. The fourth-order valence-electron chi connectivity index (χ4n) is 2.08. The molecular weight excluding hydrogens is 208 g/mol. The average molecular weight is 230 g/mol. The third-order valence-corrected chi connectivity index (χ3v) is 2.96. The van der Waals surface area contributed by atoms with Gasteiger partial charge in [0, 0.05) is 0 Å². The van der Waals surface area contributed by atoms with Crippen molar-refractivity contribution in [3.63, 3.8) is 0 Å². The molecule has 1 fully saturated rings. The number of carbonyl (C=O) groups excluding carboxylic acids is 1. The first-order valence-electron chi connectivity index (χ1n) is 6.04. The third-order valence-electron chi connectivity index (χ3n) is 2.96. The summed E-state index contributed by atoms with van der Waals surface area (Å²) in [6.07, 6.45) is 2.12. The molecule has 0 bridgehead atoms. The molecule has 0 aromatic heterocycles. The Morgan fingerprint density at radius 2 is 2.19 bits per heavy atom. The average Bonchev–Trinajstić information content (AvgIpc) is 2.64. The molecular formula is C12H22O4. The molecule has 4 nitrogen and oxygen atoms in total. The van der Waals surface area contributed by atoms with Crippen LogP contribution in [0, 0.1) is 5.92 Å². The Labute approximate surface area is 96.9 Å². The zero-order valence-corrected chi connectivity index (χ0v) is 10.3. The maximum Gasteiger partial charge on any atom is 0.311 e. The molecule has 0 radical (unpaired) electrons. The van der Waals surface area contributed by atoms with Gasteiger partial charge in [0.05, 0.1) is 30.8 Å². The quantitative estimate of drug-likeness (QED) is 0.727. The van der Waals surface area contributed by atoms with Gasteiger partial charge < -0.3 is 14.6 Å². The van der Waals surface area contributed by atoms with Crippen LogP contribution in [0.15, 0.2) is 0 Å². The van der Waals surface area contributed by atoms with Gasteiger partial charge in [-0.1, -0.05) is 0 Å². The second-order valence-electron chi connectivity index (χ2n) is 4.50. The minimum Gasteiger partial charge on any atom is -0.466 e. The second kappa shape index (κ2) is 6.21. The van der Waals surface area contributed by atoms with Crippen molar-refractivity contribution < 1.29 is 19.4 Å². The summed E-state index contributed by atoms with van der Waals surface area (Å²) in [7, 11) is 0. The number of esters is 1. The van der Waals surface area contributed by atoms with E-state index in [0.29, 0.717) is 13.0 Å². The second-order valence-corrected chi connectivity index (χ2v) is 4.50. The summed E-state index contributed by atoms with van der Waals surface area (Å²) in [6.45, 7) is 5.81. The first-order valence-corrected chi connectivity index (χ1v) is 6.04. The summed E-state index contributed by atoms with van der Waals surface area (Å²) in [5.74, 6) is -0.399. The van der Waals surface area contributed by atoms with Gasteiger partial charge in [-0.05, 0) is 40.0 Å². The van der Waals surface area contributed by atoms with E-state index in [-0.39, 0.29) is 30.2 Å². The van der Waals surface area contributed by atoms with E-state index < -0.39 is 0 Å². The topological polar surface area (TPSA) is 55.8 Å². The lowest BCUT2D eigenvalue weighted by Gasteiger charge is -2.19. The first-order chi connectivity index (χ1) is 7.54. The minimum atomic E-state index is -0.346. The largest absolute Gasteiger partial charge is 0.466 e. The van der Waals surface area contributed by atoms with Crippen LogP contribution in [0.5, 0.6) is 0 Å². The Bertz CT molecular complexity index is 227. The van der Waals surface area contributed by atoms with Gasteiger partial charge >= 0.3 is 5.97 Å². The number of aliphatic hydroxyl groups is 1. The molecule has 0 aliphatic carbocycles. The molecule has 1 aliphatic rings. The lowest BCUT2D eigenvalue weighted by Crippen LogP contribution is -2.28. The van der Waals surface area contributed by atoms with Crippen LogP contribution in [0.3, 0.4) is 0 Å². The van der Waals surface area contributed by atoms with Crippen LogP contribution in [0.25, 0.3) is 0 Å². The van der Waals surface area contributed by atoms with Gasteiger partial charge in [-0.25, -0.2) is 0 Å². The number of aliphatic hydroxyl groups excluding tert-OH is 1. The molecule has 1 N–H and O–H groups in total. The summed E-state index contributed by atoms with van der Waals surface area (Å²) in [6, 6.07) is 0. The van der Waals surface area contributed by atoms with Crippen LogP contribution in [-0.4, -0.2) is 36.0 Å². The molecule has 1 rings (SSSR count). The van der Waals surface area contributed by atoms with Gasteiger partial charge in [-0.3, -0.25) is 4.79 Å². The van der Waals surface area contributed by atoms with E-state index in [1.807, 2.05) is 6.92 Å². The summed E-state index contributed by atoms with van der Waals surface area (Å²) in [5.41, 5.74) is 0. The fraction of sp³-hybridized carbons (Fsp3) is 0.917. The Hall–Kier alpha value is -0.610. The highest BCUT2D eigenvalue weighted by Crippen LogP contribution is 2.28. The Morgan fingerprint density at radius 3 is 2.75 bits per heavy atom. The standard InChI is InChI=1S/C12H22O4/c1-4-15-12(14)9(3)11-6-5-10(16-11)7-8(2)13/h8-11,13H,4-7H2,1-3H3. The molecule has 94 valence electrons. The molecule has 0 saturated carbocycles. The summed E-state index contributed by atoms with van der Waals surface area (Å²) in [4.78, 5) is 11.5. The van der Waals surface area contributed by atoms with Crippen molar-refractivity contribution >= 4 is 5.97 Å². The van der Waals surface area contributed by atoms with Gasteiger partial charge in [0.25, 0.3) is 0 Å². The smallest absolute Gasteiger partial charge is 0.311 e. The Kier molecular flexibility index (Phi) is 5.22. The Morgan fingerprint density at radius 1 is 1.50 bits per heavy atom. The Balaban J connectivity index is 2.37. The predicted molar refractivity (Wildman–Crippen MR) is 60.0 cm³/mol. The lowest BCUT2D eigenvalue weighted by atomic mass is 10.0. The van der Waals surface area contributed by atoms with E-state index in [1.165, 1.54) is 0 Å². The van der Waals surface area contributed by atoms with Gasteiger partial charge in [-0.15, -0.1) is 0 Å². The molecule has 16 heavy (non-hydrogen) atoms. The van der Waals surface area contributed by atoms with Crippen LogP contribution in [0.4, 0.5) is 0 Å². The van der Waals surface area contributed by atoms with Crippen LogP contribution in [0.2, 0.25) is 0 Å². The summed E-state index contributed by atoms with van der Waals surface area (Å²) < 4.78 is 10.7. The van der Waals surface area contributed by atoms with Crippen molar-refractivity contribution in [1.29, 1.82) is 0 Å². The highest BCUT2D eigenvalue weighted by molar-refractivity contribution is 5.72. The number of carbonyl (C=O) groups is 1. The number of rotatable bonds is 5. The number of hydrogen-bond acceptors (Lipinski definition) is 4. The van der Waals surface area contributed by atoms with Crippen molar-refractivity contribution in [2.45, 2.75) is 58.3 Å². The van der Waals surface area contributed by atoms with E-state index in [2.05, 4.69) is 0 Å². The van der Waals surface area contributed by atoms with E-state index in [4.69, 9.17) is 9.47 Å². The zero-order chi connectivity index (χ0) is 12.1. The van der Waals surface area contributed by atoms with Crippen molar-refractivity contribution in [2.24, 2.45) is 5.92 Å². The van der Waals surface area contributed by atoms with Crippen LogP contribution >= 0.6 is 0 Å². The molecule has 4 unspecified atom stereocenters. The molecule has 0 amide bonds. The first kappa shape index (κ1) is 13.5. The van der Waals surface area contributed by atoms with Gasteiger partial charge in [0.2, 0.25) is 0 Å². The summed E-state index contributed by atoms with van der Waals surface area (Å²) >= 11 is 0. The molecule has 1 heterocycles. The predicted octanol–water partition coefficient (Wildman–Crippen LogP) is 1.50. The van der Waals surface area contributed by atoms with Crippen molar-refractivity contribution in [2.75, 3.05) is 6.61 Å². The van der Waals surface area contributed by atoms with Gasteiger partial charge in [0.1, 0.15) is 0 Å². The normalized spacial score (nSPS) is 28.8. The minimum absolute atomic E-state index is 0.0530. The summed E-state index contributed by atoms with van der Waals surface area (Å²) in [5, 5.41) is 9.26. The molecule has 0 aromatic carbocycles. The molecule has 0 aromatic rings. The van der Waals surface area contributed by atoms with E-state index in [1.54, 1.807) is 13.8 Å². The zero-order valence-electron chi connectivity index (χ0n) is 10.3. The fourth-order valence-corrected chi connectivity index (χ4v) is 2.08. The van der Waals surface area contributed by atoms with Crippen LogP contribution in [0.1, 0.15) is 40.0 Å². The molecule has 1 aliphatic heterocycles. The third kappa shape index (κ3) is 3.76. The van der Waals surface area contributed by atoms with Crippen LogP contribution < -0.4 is 0 Å². The maximum absolute atomic E-state index is 11.5. The van der Waals surface area contributed by atoms with Crippen LogP contribution in [-0.2, 0) is 14.3 Å². The molecule has 4 heteroatoms. The molecule has 0 spiro atoms. The van der Waals surface area contributed by atoms with Gasteiger partial charge in [0.15, 0.2) is 0 Å². The van der Waals surface area contributed by atoms with Crippen molar-refractivity contribution in [1.82, 2.24) is 0 Å². The van der Waals surface area contributed by atoms with E-state index in [0.717, 1.165) is 12.8 Å². The molecule has 4 atom stereocenters. The maximum atomic E-state index is 11.5.